The standard InChI is InChI=1S/C16H19N3O2/c1-4-13-5-7-14(8-6-13)17-10-15-12(3)16(19(20)21)11(2)9-18-15/h5-9,17H,4,10H2,1-3H3. The maximum absolute atomic E-state index is 11.1. The minimum Gasteiger partial charge on any atom is -0.379 e. The van der Waals surface area contributed by atoms with E-state index in [1.54, 1.807) is 20.0 Å². The van der Waals surface area contributed by atoms with E-state index < -0.39 is 0 Å². The van der Waals surface area contributed by atoms with Crippen LogP contribution in [0.2, 0.25) is 0 Å². The Bertz CT molecular complexity index is 651. The first kappa shape index (κ1) is 15.0. The molecule has 0 amide bonds. The van der Waals surface area contributed by atoms with E-state index in [1.165, 1.54) is 5.56 Å². The fourth-order valence-electron chi connectivity index (χ4n) is 2.27. The zero-order valence-electron chi connectivity index (χ0n) is 12.5. The number of anilines is 1. The molecule has 5 nitrogen and oxygen atoms in total. The van der Waals surface area contributed by atoms with E-state index in [1.807, 2.05) is 12.1 Å². The lowest BCUT2D eigenvalue weighted by Gasteiger charge is -2.10. The SMILES string of the molecule is CCc1ccc(NCc2ncc(C)c([N+](=O)[O-])c2C)cc1. The van der Waals surface area contributed by atoms with E-state index in [4.69, 9.17) is 0 Å². The quantitative estimate of drug-likeness (QED) is 0.670. The van der Waals surface area contributed by atoms with Crippen LogP contribution < -0.4 is 5.32 Å². The van der Waals surface area contributed by atoms with E-state index in [9.17, 15) is 10.1 Å². The zero-order chi connectivity index (χ0) is 15.4. The Labute approximate surface area is 124 Å². The number of rotatable bonds is 5. The summed E-state index contributed by atoms with van der Waals surface area (Å²) in [7, 11) is 0. The van der Waals surface area contributed by atoms with Crippen LogP contribution >= 0.6 is 0 Å². The summed E-state index contributed by atoms with van der Waals surface area (Å²) in [5.41, 5.74) is 4.33. The first-order chi connectivity index (χ1) is 10.0. The summed E-state index contributed by atoms with van der Waals surface area (Å²) >= 11 is 0. The predicted molar refractivity (Wildman–Crippen MR) is 83.5 cm³/mol. The molecule has 0 aliphatic heterocycles. The Morgan fingerprint density at radius 2 is 1.90 bits per heavy atom. The van der Waals surface area contributed by atoms with Crippen LogP contribution in [0.15, 0.2) is 30.5 Å². The van der Waals surface area contributed by atoms with Gasteiger partial charge in [0.15, 0.2) is 0 Å². The van der Waals surface area contributed by atoms with Crippen LogP contribution in [0.5, 0.6) is 0 Å². The van der Waals surface area contributed by atoms with Gasteiger partial charge in [-0.2, -0.15) is 0 Å². The molecule has 0 unspecified atom stereocenters. The number of nitro groups is 1. The summed E-state index contributed by atoms with van der Waals surface area (Å²) in [6.07, 6.45) is 2.56. The van der Waals surface area contributed by atoms with Crippen molar-refractivity contribution in [3.05, 3.63) is 63.0 Å². The highest BCUT2D eigenvalue weighted by molar-refractivity contribution is 5.49. The molecule has 21 heavy (non-hydrogen) atoms. The van der Waals surface area contributed by atoms with Crippen LogP contribution in [0.3, 0.4) is 0 Å². The molecule has 0 aliphatic rings. The third-order valence-electron chi connectivity index (χ3n) is 3.58. The second-order valence-electron chi connectivity index (χ2n) is 5.02. The van der Waals surface area contributed by atoms with E-state index in [2.05, 4.69) is 29.4 Å². The van der Waals surface area contributed by atoms with E-state index in [-0.39, 0.29) is 10.6 Å². The van der Waals surface area contributed by atoms with Crippen molar-refractivity contribution in [2.24, 2.45) is 0 Å². The highest BCUT2D eigenvalue weighted by Gasteiger charge is 2.18. The van der Waals surface area contributed by atoms with Crippen molar-refractivity contribution in [2.75, 3.05) is 5.32 Å². The Morgan fingerprint density at radius 1 is 1.24 bits per heavy atom. The van der Waals surface area contributed by atoms with E-state index in [0.717, 1.165) is 12.1 Å². The molecule has 1 aromatic heterocycles. The summed E-state index contributed by atoms with van der Waals surface area (Å²) in [5.74, 6) is 0. The largest absolute Gasteiger partial charge is 0.379 e. The molecule has 0 bridgehead atoms. The van der Waals surface area contributed by atoms with Crippen LogP contribution in [0.4, 0.5) is 11.4 Å². The Hall–Kier alpha value is -2.43. The van der Waals surface area contributed by atoms with Crippen LogP contribution in [0, 0.1) is 24.0 Å². The van der Waals surface area contributed by atoms with E-state index >= 15 is 0 Å². The van der Waals surface area contributed by atoms with Crippen molar-refractivity contribution in [3.63, 3.8) is 0 Å². The molecule has 0 fully saturated rings. The lowest BCUT2D eigenvalue weighted by molar-refractivity contribution is -0.386. The number of nitrogens with one attached hydrogen (secondary N) is 1. The molecule has 0 spiro atoms. The minimum atomic E-state index is -0.341. The summed E-state index contributed by atoms with van der Waals surface area (Å²) < 4.78 is 0. The first-order valence-electron chi connectivity index (χ1n) is 6.95. The zero-order valence-corrected chi connectivity index (χ0v) is 12.5. The molecule has 0 aliphatic carbocycles. The molecule has 1 heterocycles. The number of benzene rings is 1. The van der Waals surface area contributed by atoms with Gasteiger partial charge in [-0.15, -0.1) is 0 Å². The van der Waals surface area contributed by atoms with Gasteiger partial charge in [-0.3, -0.25) is 15.1 Å². The van der Waals surface area contributed by atoms with Crippen LogP contribution in [0.1, 0.15) is 29.3 Å². The van der Waals surface area contributed by atoms with Crippen molar-refractivity contribution in [1.29, 1.82) is 0 Å². The van der Waals surface area contributed by atoms with Crippen LogP contribution in [0.25, 0.3) is 0 Å². The van der Waals surface area contributed by atoms with Crippen LogP contribution in [-0.2, 0) is 13.0 Å². The second-order valence-corrected chi connectivity index (χ2v) is 5.02. The lowest BCUT2D eigenvalue weighted by atomic mass is 10.1. The molecule has 2 rings (SSSR count). The van der Waals surface area contributed by atoms with Crippen molar-refractivity contribution < 1.29 is 4.92 Å². The monoisotopic (exact) mass is 285 g/mol. The fraction of sp³-hybridized carbons (Fsp3) is 0.312. The number of aryl methyl sites for hydroxylation is 2. The first-order valence-corrected chi connectivity index (χ1v) is 6.95. The van der Waals surface area contributed by atoms with Crippen molar-refractivity contribution in [3.8, 4) is 0 Å². The van der Waals surface area contributed by atoms with E-state index in [0.29, 0.717) is 23.4 Å². The van der Waals surface area contributed by atoms with Gasteiger partial charge in [0.2, 0.25) is 0 Å². The molecule has 0 saturated heterocycles. The molecule has 2 aromatic rings. The Kier molecular flexibility index (Phi) is 4.52. The molecule has 1 aromatic carbocycles. The van der Waals surface area contributed by atoms with Gasteiger partial charge >= 0.3 is 0 Å². The number of aromatic nitrogens is 1. The molecular formula is C16H19N3O2. The number of nitrogens with zero attached hydrogens (tertiary/aromatic N) is 2. The third-order valence-corrected chi connectivity index (χ3v) is 3.58. The van der Waals surface area contributed by atoms with Crippen molar-refractivity contribution in [1.82, 2.24) is 4.98 Å². The minimum absolute atomic E-state index is 0.156. The number of pyridine rings is 1. The second kappa shape index (κ2) is 6.35. The van der Waals surface area contributed by atoms with Gasteiger partial charge in [-0.1, -0.05) is 19.1 Å². The number of hydrogen-bond donors (Lipinski definition) is 1. The molecular weight excluding hydrogens is 266 g/mol. The summed E-state index contributed by atoms with van der Waals surface area (Å²) in [4.78, 5) is 15.1. The maximum atomic E-state index is 11.1. The molecule has 0 atom stereocenters. The van der Waals surface area contributed by atoms with Gasteiger partial charge in [0.1, 0.15) is 0 Å². The summed E-state index contributed by atoms with van der Waals surface area (Å²) in [5, 5.41) is 14.4. The maximum Gasteiger partial charge on any atom is 0.278 e. The lowest BCUT2D eigenvalue weighted by Crippen LogP contribution is -2.07. The van der Waals surface area contributed by atoms with Gasteiger partial charge in [-0.05, 0) is 38.0 Å². The average Bonchev–Trinajstić information content (AvgIpc) is 2.46. The summed E-state index contributed by atoms with van der Waals surface area (Å²) in [6, 6.07) is 8.16. The van der Waals surface area contributed by atoms with Gasteiger partial charge in [-0.25, -0.2) is 0 Å². The average molecular weight is 285 g/mol. The Morgan fingerprint density at radius 3 is 2.48 bits per heavy atom. The Balaban J connectivity index is 2.16. The van der Waals surface area contributed by atoms with Crippen molar-refractivity contribution >= 4 is 11.4 Å². The third kappa shape index (κ3) is 3.37. The number of hydrogen-bond acceptors (Lipinski definition) is 4. The molecule has 0 radical (unpaired) electrons. The summed E-state index contributed by atoms with van der Waals surface area (Å²) in [6.45, 7) is 6.04. The predicted octanol–water partition coefficient (Wildman–Crippen LogP) is 3.78. The highest BCUT2D eigenvalue weighted by atomic mass is 16.6. The smallest absolute Gasteiger partial charge is 0.278 e. The fourth-order valence-corrected chi connectivity index (χ4v) is 2.27. The highest BCUT2D eigenvalue weighted by Crippen LogP contribution is 2.24. The van der Waals surface area contributed by atoms with Gasteiger partial charge in [0.05, 0.1) is 22.7 Å². The van der Waals surface area contributed by atoms with Gasteiger partial charge in [0, 0.05) is 17.4 Å². The molecule has 110 valence electrons. The van der Waals surface area contributed by atoms with Crippen LogP contribution in [-0.4, -0.2) is 9.91 Å². The van der Waals surface area contributed by atoms with Crippen molar-refractivity contribution in [2.45, 2.75) is 33.7 Å². The topological polar surface area (TPSA) is 68.1 Å². The normalized spacial score (nSPS) is 10.4. The molecule has 0 saturated carbocycles. The van der Waals surface area contributed by atoms with Gasteiger partial charge in [0.25, 0.3) is 5.69 Å². The molecule has 5 heteroatoms. The molecule has 1 N–H and O–H groups in total. The van der Waals surface area contributed by atoms with Gasteiger partial charge < -0.3 is 5.32 Å².